The van der Waals surface area contributed by atoms with Gasteiger partial charge in [-0.15, -0.1) is 11.8 Å². The minimum Gasteiger partial charge on any atom is -0.385 e. The molecule has 1 amide bonds. The number of hydrogen-bond acceptors (Lipinski definition) is 7. The highest BCUT2D eigenvalue weighted by atomic mass is 35.6. The average molecular weight is 414 g/mol. The number of halogens is 3. The molecule has 0 bridgehead atoms. The molecule has 0 N–H and O–H groups in total. The molecule has 0 saturated carbocycles. The molecule has 1 rings (SSSR count). The molecule has 1 unspecified atom stereocenters. The number of alkyl halides is 3. The fraction of sp³-hybridized carbons (Fsp3) is 0.800. The number of thioether (sulfide) groups is 2. The van der Waals surface area contributed by atoms with Crippen molar-refractivity contribution in [2.24, 2.45) is 5.16 Å². The van der Waals surface area contributed by atoms with Crippen molar-refractivity contribution < 1.29 is 14.4 Å². The summed E-state index contributed by atoms with van der Waals surface area (Å²) in [6.07, 6.45) is 0.129. The van der Waals surface area contributed by atoms with Gasteiger partial charge in [0.05, 0.1) is 5.25 Å². The molecule has 21 heavy (non-hydrogen) atoms. The van der Waals surface area contributed by atoms with E-state index in [0.29, 0.717) is 6.61 Å². The topological polar surface area (TPSA) is 51.1 Å². The number of rotatable bonds is 5. The van der Waals surface area contributed by atoms with E-state index in [4.69, 9.17) is 44.4 Å². The van der Waals surface area contributed by atoms with Crippen LogP contribution in [0, 0.1) is 0 Å². The molecule has 1 heterocycles. The number of amides is 1. The van der Waals surface area contributed by atoms with Crippen molar-refractivity contribution in [2.45, 2.75) is 14.8 Å². The van der Waals surface area contributed by atoms with Crippen LogP contribution in [0.2, 0.25) is 0 Å². The lowest BCUT2D eigenvalue weighted by atomic mass is 10.3. The van der Waals surface area contributed by atoms with Crippen molar-refractivity contribution >= 4 is 81.4 Å². The van der Waals surface area contributed by atoms with Crippen molar-refractivity contribution in [3.63, 3.8) is 0 Å². The van der Waals surface area contributed by atoms with Crippen LogP contribution >= 0.6 is 70.3 Å². The molecular formula is C10H15Cl3N2O3S3. The lowest BCUT2D eigenvalue weighted by molar-refractivity contribution is 0.137. The number of oxime groups is 1. The summed E-state index contributed by atoms with van der Waals surface area (Å²) < 4.78 is 4.53. The number of carbonyl (C=O) groups is 1. The Hall–Kier alpha value is 0.820. The maximum atomic E-state index is 11.7. The van der Waals surface area contributed by atoms with Crippen LogP contribution in [0.15, 0.2) is 5.16 Å². The number of nitrogens with zero attached hydrogens (tertiary/aromatic N) is 2. The Balaban J connectivity index is 2.53. The predicted molar refractivity (Wildman–Crippen MR) is 94.8 cm³/mol. The van der Waals surface area contributed by atoms with Gasteiger partial charge in [-0.05, 0) is 6.42 Å². The van der Waals surface area contributed by atoms with Crippen LogP contribution in [-0.2, 0) is 9.57 Å². The highest BCUT2D eigenvalue weighted by molar-refractivity contribution is 8.18. The van der Waals surface area contributed by atoms with Crippen LogP contribution in [-0.4, -0.2) is 56.1 Å². The third kappa shape index (κ3) is 8.29. The first-order valence-corrected chi connectivity index (χ1v) is 9.79. The summed E-state index contributed by atoms with van der Waals surface area (Å²) in [5.41, 5.74) is 0. The molecule has 5 nitrogen and oxygen atoms in total. The summed E-state index contributed by atoms with van der Waals surface area (Å²) in [6.45, 7) is 0.633. The van der Waals surface area contributed by atoms with E-state index >= 15 is 0 Å². The van der Waals surface area contributed by atoms with Crippen molar-refractivity contribution in [1.82, 2.24) is 4.31 Å². The molecule has 1 fully saturated rings. The largest absolute Gasteiger partial charge is 0.445 e. The highest BCUT2D eigenvalue weighted by Gasteiger charge is 2.28. The predicted octanol–water partition coefficient (Wildman–Crippen LogP) is 4.23. The highest BCUT2D eigenvalue weighted by Crippen LogP contribution is 2.40. The van der Waals surface area contributed by atoms with Gasteiger partial charge in [0, 0.05) is 44.2 Å². The number of hydrogen-bond donors (Lipinski definition) is 0. The second-order valence-corrected chi connectivity index (χ2v) is 10.5. The number of ether oxygens (including phenoxy) is 1. The van der Waals surface area contributed by atoms with Gasteiger partial charge in [0.15, 0.2) is 0 Å². The smallest absolute Gasteiger partial charge is 0.385 e. The minimum absolute atomic E-state index is 0.183. The van der Waals surface area contributed by atoms with Crippen LogP contribution in [0.4, 0.5) is 4.79 Å². The molecule has 0 aromatic heterocycles. The van der Waals surface area contributed by atoms with Crippen molar-refractivity contribution in [1.29, 1.82) is 0 Å². The Bertz CT molecular complexity index is 382. The Morgan fingerprint density at radius 1 is 1.52 bits per heavy atom. The number of carbonyl (C=O) groups excluding carboxylic acids is 1. The minimum atomic E-state index is -1.63. The molecule has 1 aliphatic rings. The van der Waals surface area contributed by atoms with Crippen LogP contribution in [0.3, 0.4) is 0 Å². The van der Waals surface area contributed by atoms with Crippen molar-refractivity contribution in [2.75, 3.05) is 32.3 Å². The SMILES string of the molecule is COCCC1SCCSC1=NOC(=O)N(C)SC(Cl)(Cl)Cl. The third-order valence-corrected chi connectivity index (χ3v) is 6.25. The van der Waals surface area contributed by atoms with E-state index < -0.39 is 9.22 Å². The molecule has 0 aliphatic carbocycles. The zero-order chi connectivity index (χ0) is 15.9. The summed E-state index contributed by atoms with van der Waals surface area (Å²) in [4.78, 5) is 16.6. The van der Waals surface area contributed by atoms with E-state index in [1.807, 2.05) is 0 Å². The molecule has 11 heteroatoms. The van der Waals surface area contributed by atoms with Crippen LogP contribution < -0.4 is 0 Å². The van der Waals surface area contributed by atoms with Gasteiger partial charge in [0.25, 0.3) is 3.12 Å². The molecule has 0 radical (unpaired) electrons. The molecule has 1 saturated heterocycles. The Morgan fingerprint density at radius 2 is 2.24 bits per heavy atom. The second-order valence-electron chi connectivity index (χ2n) is 3.81. The maximum absolute atomic E-state index is 11.7. The van der Waals surface area contributed by atoms with Gasteiger partial charge in [-0.25, -0.2) is 9.10 Å². The van der Waals surface area contributed by atoms with Gasteiger partial charge in [0.1, 0.15) is 5.04 Å². The first-order chi connectivity index (χ1) is 9.83. The molecule has 0 spiro atoms. The van der Waals surface area contributed by atoms with E-state index in [2.05, 4.69) is 5.16 Å². The van der Waals surface area contributed by atoms with Crippen LogP contribution in [0.5, 0.6) is 0 Å². The molecule has 0 aromatic rings. The monoisotopic (exact) mass is 412 g/mol. The lowest BCUT2D eigenvalue weighted by Gasteiger charge is -2.22. The zero-order valence-electron chi connectivity index (χ0n) is 11.4. The van der Waals surface area contributed by atoms with Gasteiger partial charge in [-0.3, -0.25) is 4.84 Å². The first kappa shape index (κ1) is 19.9. The quantitative estimate of drug-likeness (QED) is 0.291. The standard InChI is InChI=1S/C10H15Cl3N2O3S3/c1-15(21-10(11,12)13)9(16)18-14-8-7(3-4-17-2)19-5-6-20-8/h7H,3-6H2,1-2H3. The third-order valence-electron chi connectivity index (χ3n) is 2.22. The van der Waals surface area contributed by atoms with Gasteiger partial charge in [0.2, 0.25) is 0 Å². The van der Waals surface area contributed by atoms with E-state index in [1.54, 1.807) is 30.6 Å². The fourth-order valence-corrected chi connectivity index (χ4v) is 5.16. The molecular weight excluding hydrogens is 399 g/mol. The summed E-state index contributed by atoms with van der Waals surface area (Å²) in [5.74, 6) is 1.97. The Labute approximate surface area is 151 Å². The second kappa shape index (κ2) is 9.85. The average Bonchev–Trinajstić information content (AvgIpc) is 2.41. The summed E-state index contributed by atoms with van der Waals surface area (Å²) in [6, 6.07) is 0. The number of methoxy groups -OCH3 is 1. The van der Waals surface area contributed by atoms with Crippen molar-refractivity contribution in [3.05, 3.63) is 0 Å². The maximum Gasteiger partial charge on any atom is 0.445 e. The fourth-order valence-electron chi connectivity index (χ4n) is 1.35. The van der Waals surface area contributed by atoms with E-state index in [9.17, 15) is 4.79 Å². The Kier molecular flexibility index (Phi) is 9.32. The summed E-state index contributed by atoms with van der Waals surface area (Å²) >= 11 is 20.8. The first-order valence-electron chi connectivity index (χ1n) is 5.85. The molecule has 122 valence electrons. The zero-order valence-corrected chi connectivity index (χ0v) is 16.1. The van der Waals surface area contributed by atoms with Gasteiger partial charge in [-0.1, -0.05) is 40.0 Å². The normalized spacial score (nSPS) is 21.4. The van der Waals surface area contributed by atoms with Crippen LogP contribution in [0.25, 0.3) is 0 Å². The van der Waals surface area contributed by atoms with E-state index in [1.165, 1.54) is 7.05 Å². The molecule has 0 aromatic carbocycles. The van der Waals surface area contributed by atoms with E-state index in [-0.39, 0.29) is 5.25 Å². The van der Waals surface area contributed by atoms with E-state index in [0.717, 1.165) is 39.2 Å². The lowest BCUT2D eigenvalue weighted by Crippen LogP contribution is -2.25. The van der Waals surface area contributed by atoms with Gasteiger partial charge < -0.3 is 4.74 Å². The Morgan fingerprint density at radius 3 is 2.86 bits per heavy atom. The van der Waals surface area contributed by atoms with Crippen LogP contribution in [0.1, 0.15) is 6.42 Å². The van der Waals surface area contributed by atoms with Crippen molar-refractivity contribution in [3.8, 4) is 0 Å². The molecule has 1 atom stereocenters. The molecule has 1 aliphatic heterocycles. The van der Waals surface area contributed by atoms with Gasteiger partial charge >= 0.3 is 6.09 Å². The summed E-state index contributed by atoms with van der Waals surface area (Å²) in [7, 11) is 3.10. The van der Waals surface area contributed by atoms with Gasteiger partial charge in [-0.2, -0.15) is 11.8 Å². The summed E-state index contributed by atoms with van der Waals surface area (Å²) in [5, 5.41) is 4.90.